The number of para-hydroxylation sites is 2. The van der Waals surface area contributed by atoms with Crippen molar-refractivity contribution in [2.24, 2.45) is 0 Å². The van der Waals surface area contributed by atoms with Crippen LogP contribution in [0.25, 0.3) is 0 Å². The van der Waals surface area contributed by atoms with Gasteiger partial charge in [-0.3, -0.25) is 4.52 Å². The van der Waals surface area contributed by atoms with Crippen molar-refractivity contribution in [1.29, 1.82) is 0 Å². The van der Waals surface area contributed by atoms with Gasteiger partial charge in [0.15, 0.2) is 14.6 Å². The summed E-state index contributed by atoms with van der Waals surface area (Å²) in [7, 11) is -7.07. The molecule has 0 bridgehead atoms. The Hall–Kier alpha value is -1.87. The summed E-state index contributed by atoms with van der Waals surface area (Å²) in [4.78, 5) is 13.4. The molecule has 61 heavy (non-hydrogen) atoms. The number of ether oxygens (including phenoxy) is 4. The van der Waals surface area contributed by atoms with E-state index in [1.54, 1.807) is 60.7 Å². The zero-order chi connectivity index (χ0) is 44.9. The first-order valence-electron chi connectivity index (χ1n) is 21.5. The zero-order valence-electron chi connectivity index (χ0n) is 36.7. The molecule has 12 nitrogen and oxygen atoms in total. The summed E-state index contributed by atoms with van der Waals surface area (Å²) in [5, 5.41) is 13.7. The van der Waals surface area contributed by atoms with E-state index in [1.807, 2.05) is 0 Å². The number of rotatable bonds is 28. The molecule has 0 spiro atoms. The molecule has 2 aromatic rings. The highest BCUT2D eigenvalue weighted by molar-refractivity contribution is 7.49. The average molecular weight is 953 g/mol. The van der Waals surface area contributed by atoms with Gasteiger partial charge in [-0.15, -0.1) is 6.58 Å². The summed E-state index contributed by atoms with van der Waals surface area (Å²) in [5.41, 5.74) is 0. The van der Waals surface area contributed by atoms with E-state index in [1.165, 1.54) is 44.6 Å². The molecule has 1 amide bonds. The molecule has 2 N–H and O–H groups in total. The van der Waals surface area contributed by atoms with Crippen molar-refractivity contribution in [3.63, 3.8) is 0 Å². The molecule has 0 radical (unpaired) electrons. The maximum absolute atomic E-state index is 15.1. The molecule has 1 aliphatic rings. The van der Waals surface area contributed by atoms with Gasteiger partial charge in [-0.05, 0) is 55.2 Å². The van der Waals surface area contributed by atoms with Crippen LogP contribution in [0.1, 0.15) is 98.3 Å². The third-order valence-corrected chi connectivity index (χ3v) is 16.9. The number of hydrogen-bond donors (Lipinski definition) is 2. The second-order valence-electron chi connectivity index (χ2n) is 16.8. The van der Waals surface area contributed by atoms with E-state index in [-0.39, 0.29) is 42.8 Å². The van der Waals surface area contributed by atoms with E-state index >= 15 is 4.57 Å². The van der Waals surface area contributed by atoms with Crippen molar-refractivity contribution in [1.82, 2.24) is 5.32 Å². The number of alkyl carbamates (subject to hydrolysis) is 1. The van der Waals surface area contributed by atoms with Crippen LogP contribution in [0.5, 0.6) is 11.5 Å². The predicted octanol–water partition coefficient (Wildman–Crippen LogP) is 12.1. The van der Waals surface area contributed by atoms with Gasteiger partial charge in [-0.2, -0.15) is 0 Å². The van der Waals surface area contributed by atoms with Crippen LogP contribution in [0.3, 0.4) is 0 Å². The second-order valence-corrected chi connectivity index (χ2v) is 25.6. The second kappa shape index (κ2) is 26.8. The minimum Gasteiger partial charge on any atom is -0.445 e. The van der Waals surface area contributed by atoms with E-state index in [0.717, 1.165) is 19.3 Å². The van der Waals surface area contributed by atoms with Crippen LogP contribution in [0.4, 0.5) is 4.79 Å². The number of unbranched alkanes of at least 4 members (excludes halogenated alkanes) is 8. The van der Waals surface area contributed by atoms with Gasteiger partial charge < -0.3 is 42.8 Å². The average Bonchev–Trinajstić information content (AvgIpc) is 3.19. The van der Waals surface area contributed by atoms with E-state index in [2.05, 4.69) is 52.7 Å². The third kappa shape index (κ3) is 20.2. The number of hydrogen-bond acceptors (Lipinski definition) is 11. The van der Waals surface area contributed by atoms with E-state index < -0.39 is 69.4 Å². The first-order valence-corrected chi connectivity index (χ1v) is 27.0. The molecule has 0 unspecified atom stereocenters. The SMILES string of the molecule is C=CCO[C@H]1O[C@H](CO[Si](C)(C)C(C)(C)C)[C@@H](OP(=O)(Oc2ccccc2)Oc2ccccc2)[C@H](OCC[C@@H](O)CCCCCCCCCCC)[C@@H]1NC(=O)OCC(Cl)(Cl)Cl. The lowest BCUT2D eigenvalue weighted by Crippen LogP contribution is -2.66. The van der Waals surface area contributed by atoms with Gasteiger partial charge in [0.1, 0.15) is 42.5 Å². The molecule has 1 aliphatic heterocycles. The minimum absolute atomic E-state index is 0.0118. The molecule has 0 aromatic heterocycles. The van der Waals surface area contributed by atoms with Crippen LogP contribution in [0.2, 0.25) is 18.1 Å². The largest absolute Gasteiger partial charge is 0.588 e. The van der Waals surface area contributed by atoms with Crippen LogP contribution in [0, 0.1) is 0 Å². The number of phosphoric ester groups is 1. The van der Waals surface area contributed by atoms with E-state index in [4.69, 9.17) is 71.7 Å². The molecule has 1 fully saturated rings. The topological polar surface area (TPSA) is 140 Å². The molecule has 346 valence electrons. The van der Waals surface area contributed by atoms with E-state index in [9.17, 15) is 9.90 Å². The van der Waals surface area contributed by atoms with Crippen LogP contribution >= 0.6 is 42.6 Å². The highest BCUT2D eigenvalue weighted by atomic mass is 35.6. The summed E-state index contributed by atoms with van der Waals surface area (Å²) in [6.07, 6.45) is 6.52. The van der Waals surface area contributed by atoms with Crippen molar-refractivity contribution >= 4 is 57.0 Å². The monoisotopic (exact) mass is 951 g/mol. The first kappa shape index (κ1) is 53.5. The highest BCUT2D eigenvalue weighted by Crippen LogP contribution is 2.52. The number of carbonyl (C=O) groups is 1. The molecule has 0 aliphatic carbocycles. The Kier molecular flexibility index (Phi) is 23.5. The van der Waals surface area contributed by atoms with Crippen molar-refractivity contribution < 1.29 is 51.4 Å². The van der Waals surface area contributed by atoms with Crippen LogP contribution < -0.4 is 14.4 Å². The Balaban J connectivity index is 2.01. The number of nitrogens with one attached hydrogen (secondary N) is 1. The molecular formula is C44H69Cl3NO11PSi. The molecule has 2 aromatic carbocycles. The van der Waals surface area contributed by atoms with Crippen LogP contribution in [-0.2, 0) is 32.5 Å². The molecule has 3 rings (SSSR count). The lowest BCUT2D eigenvalue weighted by atomic mass is 9.96. The van der Waals surface area contributed by atoms with Crippen LogP contribution in [-0.4, -0.2) is 86.5 Å². The fraction of sp³-hybridized carbons (Fsp3) is 0.659. The standard InChI is InChI=1S/C44H69Cl3NO11PSi/c1-8-10-11-12-13-14-15-16-19-24-34(49)29-31-52-40-38(48-42(50)54-33-44(45,46)47)41(53-30-9-2)56-37(32-55-61(6,7)43(3,4)5)39(40)59-60(51,57-35-25-20-17-21-26-35)58-36-27-22-18-23-28-36/h9,17-18,20-23,25-28,34,37-41,49H,2,8,10-16,19,24,29-33H2,1,3-7H3,(H,48,50)/t34-,37+,38-,39+,40+,41-/m0/s1. The zero-order valence-corrected chi connectivity index (χ0v) is 40.9. The number of amides is 1. The predicted molar refractivity (Wildman–Crippen MR) is 245 cm³/mol. The Bertz CT molecular complexity index is 1540. The van der Waals surface area contributed by atoms with Gasteiger partial charge in [0, 0.05) is 6.61 Å². The van der Waals surface area contributed by atoms with E-state index in [0.29, 0.717) is 6.42 Å². The number of benzene rings is 2. The quantitative estimate of drug-likeness (QED) is 0.0277. The molecule has 1 saturated heterocycles. The van der Waals surface area contributed by atoms with Gasteiger partial charge in [0.25, 0.3) is 0 Å². The van der Waals surface area contributed by atoms with Crippen molar-refractivity contribution in [2.75, 3.05) is 26.4 Å². The summed E-state index contributed by atoms with van der Waals surface area (Å²) >= 11 is 17.7. The molecule has 17 heteroatoms. The number of alkyl halides is 3. The Morgan fingerprint density at radius 3 is 1.97 bits per heavy atom. The number of carbonyl (C=O) groups excluding carboxylic acids is 1. The smallest absolute Gasteiger partial charge is 0.445 e. The number of aliphatic hydroxyl groups excluding tert-OH is 1. The molecule has 6 atom stereocenters. The summed E-state index contributed by atoms with van der Waals surface area (Å²) in [6.45, 7) is 15.9. The van der Waals surface area contributed by atoms with Gasteiger partial charge >= 0.3 is 13.9 Å². The summed E-state index contributed by atoms with van der Waals surface area (Å²) in [6, 6.07) is 15.7. The number of aliphatic hydroxyl groups is 1. The summed E-state index contributed by atoms with van der Waals surface area (Å²) in [5.74, 6) is 0.420. The Morgan fingerprint density at radius 1 is 0.885 bits per heavy atom. The Morgan fingerprint density at radius 2 is 1.44 bits per heavy atom. The fourth-order valence-corrected chi connectivity index (χ4v) is 8.88. The fourth-order valence-electron chi connectivity index (χ4n) is 6.26. The number of halogens is 3. The lowest BCUT2D eigenvalue weighted by Gasteiger charge is -2.47. The highest BCUT2D eigenvalue weighted by Gasteiger charge is 2.53. The maximum atomic E-state index is 15.1. The molecule has 1 heterocycles. The lowest BCUT2D eigenvalue weighted by molar-refractivity contribution is -0.270. The third-order valence-electron chi connectivity index (χ3n) is 10.7. The molecular weight excluding hydrogens is 884 g/mol. The van der Waals surface area contributed by atoms with Gasteiger partial charge in [-0.25, -0.2) is 9.36 Å². The maximum Gasteiger partial charge on any atom is 0.588 e. The Labute approximate surface area is 380 Å². The van der Waals surface area contributed by atoms with Gasteiger partial charge in [0.2, 0.25) is 3.79 Å². The first-order chi connectivity index (χ1) is 28.9. The number of phosphoric acid groups is 1. The van der Waals surface area contributed by atoms with Gasteiger partial charge in [0.05, 0.1) is 19.3 Å². The molecule has 0 saturated carbocycles. The van der Waals surface area contributed by atoms with Crippen molar-refractivity contribution in [2.45, 2.75) is 157 Å². The van der Waals surface area contributed by atoms with Crippen LogP contribution in [0.15, 0.2) is 73.3 Å². The normalized spacial score (nSPS) is 20.5. The van der Waals surface area contributed by atoms with Gasteiger partial charge in [-0.1, -0.05) is 163 Å². The van der Waals surface area contributed by atoms with Crippen molar-refractivity contribution in [3.05, 3.63) is 73.3 Å². The summed E-state index contributed by atoms with van der Waals surface area (Å²) < 4.78 is 63.1. The minimum atomic E-state index is -4.63. The van der Waals surface area contributed by atoms with Crippen molar-refractivity contribution in [3.8, 4) is 11.5 Å².